The summed E-state index contributed by atoms with van der Waals surface area (Å²) in [5.41, 5.74) is 7.79. The number of hydroxylamine groups is 2. The number of hydrogen-bond acceptors (Lipinski definition) is 6. The topological polar surface area (TPSA) is 113 Å². The molecule has 2 amide bonds. The Labute approximate surface area is 167 Å². The van der Waals surface area contributed by atoms with E-state index in [0.717, 1.165) is 23.2 Å². The minimum atomic E-state index is -0.453. The summed E-state index contributed by atoms with van der Waals surface area (Å²) in [6.07, 6.45) is 7.35. The molecule has 2 heterocycles. The molecular formula is C21H22N4O4. The van der Waals surface area contributed by atoms with Crippen LogP contribution in [0.15, 0.2) is 54.9 Å². The molecule has 1 aliphatic carbocycles. The molecule has 150 valence electrons. The predicted molar refractivity (Wildman–Crippen MR) is 104 cm³/mol. The highest BCUT2D eigenvalue weighted by molar-refractivity contribution is 5.95. The second-order valence-corrected chi connectivity index (χ2v) is 7.18. The number of carbonyl (C=O) groups is 2. The van der Waals surface area contributed by atoms with Crippen LogP contribution in [0.2, 0.25) is 0 Å². The first kappa shape index (κ1) is 19.1. The van der Waals surface area contributed by atoms with Gasteiger partial charge in [-0.15, -0.1) is 0 Å². The number of carbonyl (C=O) groups excluding carboxylic acids is 2. The van der Waals surface area contributed by atoms with Gasteiger partial charge in [0.25, 0.3) is 5.91 Å². The maximum Gasteiger partial charge on any atom is 0.251 e. The number of pyridine rings is 1. The van der Waals surface area contributed by atoms with Crippen molar-refractivity contribution in [2.45, 2.75) is 31.4 Å². The zero-order valence-corrected chi connectivity index (χ0v) is 15.7. The van der Waals surface area contributed by atoms with Crippen molar-refractivity contribution in [3.63, 3.8) is 0 Å². The Bertz CT molecular complexity index is 914. The third kappa shape index (κ3) is 4.13. The van der Waals surface area contributed by atoms with Crippen LogP contribution in [0, 0.1) is 5.92 Å². The van der Waals surface area contributed by atoms with Crippen LogP contribution in [0.4, 0.5) is 0 Å². The largest absolute Gasteiger partial charge is 0.349 e. The number of nitrogens with zero attached hydrogens (tertiary/aromatic N) is 1. The van der Waals surface area contributed by atoms with Gasteiger partial charge in [-0.1, -0.05) is 18.6 Å². The van der Waals surface area contributed by atoms with E-state index in [1.54, 1.807) is 30.0 Å². The van der Waals surface area contributed by atoms with E-state index in [4.69, 9.17) is 10.0 Å². The summed E-state index contributed by atoms with van der Waals surface area (Å²) < 4.78 is 0. The Morgan fingerprint density at radius 3 is 2.72 bits per heavy atom. The fourth-order valence-electron chi connectivity index (χ4n) is 3.79. The Morgan fingerprint density at radius 1 is 1.17 bits per heavy atom. The molecule has 0 bridgehead atoms. The number of nitrogens with one attached hydrogen (secondary N) is 3. The number of benzene rings is 1. The van der Waals surface area contributed by atoms with Crippen molar-refractivity contribution in [3.05, 3.63) is 71.6 Å². The molecule has 1 fully saturated rings. The first-order valence-electron chi connectivity index (χ1n) is 9.54. The molecule has 4 rings (SSSR count). The van der Waals surface area contributed by atoms with Crippen molar-refractivity contribution in [1.29, 1.82) is 0 Å². The fourth-order valence-corrected chi connectivity index (χ4v) is 3.79. The van der Waals surface area contributed by atoms with Crippen molar-refractivity contribution in [3.8, 4) is 0 Å². The number of hydrogen-bond donors (Lipinski definition) is 4. The summed E-state index contributed by atoms with van der Waals surface area (Å²) in [6, 6.07) is 10.7. The molecule has 0 saturated heterocycles. The zero-order valence-electron chi connectivity index (χ0n) is 15.7. The molecule has 3 unspecified atom stereocenters. The minimum absolute atomic E-state index is 0.240. The van der Waals surface area contributed by atoms with Crippen LogP contribution in [0.25, 0.3) is 5.70 Å². The maximum absolute atomic E-state index is 12.6. The molecule has 1 aromatic carbocycles. The molecule has 0 spiro atoms. The van der Waals surface area contributed by atoms with E-state index >= 15 is 0 Å². The lowest BCUT2D eigenvalue weighted by Gasteiger charge is -2.19. The smallest absolute Gasteiger partial charge is 0.251 e. The van der Waals surface area contributed by atoms with Gasteiger partial charge in [0, 0.05) is 29.6 Å². The Hall–Kier alpha value is -3.23. The van der Waals surface area contributed by atoms with E-state index in [0.29, 0.717) is 18.4 Å². The summed E-state index contributed by atoms with van der Waals surface area (Å²) in [5, 5.41) is 11.8. The Balaban J connectivity index is 1.41. The van der Waals surface area contributed by atoms with Crippen LogP contribution in [-0.2, 0) is 9.63 Å². The van der Waals surface area contributed by atoms with E-state index in [1.807, 2.05) is 30.3 Å². The molecule has 1 aromatic heterocycles. The van der Waals surface area contributed by atoms with Gasteiger partial charge in [-0.25, -0.2) is 5.48 Å². The van der Waals surface area contributed by atoms with E-state index in [2.05, 4.69) is 15.8 Å². The Morgan fingerprint density at radius 2 is 2.00 bits per heavy atom. The first-order valence-corrected chi connectivity index (χ1v) is 9.54. The molecule has 1 saturated carbocycles. The molecule has 2 aliphatic rings. The lowest BCUT2D eigenvalue weighted by Crippen LogP contribution is -2.43. The number of rotatable bonds is 5. The van der Waals surface area contributed by atoms with Gasteiger partial charge in [0.1, 0.15) is 6.10 Å². The average molecular weight is 394 g/mol. The van der Waals surface area contributed by atoms with Crippen LogP contribution in [-0.4, -0.2) is 28.0 Å². The van der Waals surface area contributed by atoms with Crippen LogP contribution in [0.5, 0.6) is 0 Å². The van der Waals surface area contributed by atoms with Crippen molar-refractivity contribution in [2.75, 3.05) is 0 Å². The molecule has 4 N–H and O–H groups in total. The van der Waals surface area contributed by atoms with E-state index in [1.165, 1.54) is 0 Å². The molecule has 8 heteroatoms. The normalized spacial score (nSPS) is 23.2. The molecule has 1 aliphatic heterocycles. The van der Waals surface area contributed by atoms with Gasteiger partial charge in [0.15, 0.2) is 0 Å². The number of amides is 2. The summed E-state index contributed by atoms with van der Waals surface area (Å²) in [6.45, 7) is 0. The van der Waals surface area contributed by atoms with Gasteiger partial charge in [0.2, 0.25) is 5.91 Å². The summed E-state index contributed by atoms with van der Waals surface area (Å²) in [4.78, 5) is 34.0. The molecule has 2 aromatic rings. The van der Waals surface area contributed by atoms with Gasteiger partial charge in [-0.2, -0.15) is 0 Å². The van der Waals surface area contributed by atoms with Crippen molar-refractivity contribution >= 4 is 17.5 Å². The maximum atomic E-state index is 12.6. The van der Waals surface area contributed by atoms with Crippen LogP contribution >= 0.6 is 0 Å². The quantitative estimate of drug-likeness (QED) is 0.456. The summed E-state index contributed by atoms with van der Waals surface area (Å²) >= 11 is 0. The molecule has 0 radical (unpaired) electrons. The molecule has 29 heavy (non-hydrogen) atoms. The van der Waals surface area contributed by atoms with Crippen LogP contribution < -0.4 is 16.3 Å². The van der Waals surface area contributed by atoms with Crippen molar-refractivity contribution in [1.82, 2.24) is 21.3 Å². The lowest BCUT2D eigenvalue weighted by molar-refractivity contribution is -0.133. The molecule has 8 nitrogen and oxygen atoms in total. The highest BCUT2D eigenvalue weighted by Crippen LogP contribution is 2.29. The van der Waals surface area contributed by atoms with Gasteiger partial charge < -0.3 is 5.32 Å². The first-order chi connectivity index (χ1) is 14.2. The van der Waals surface area contributed by atoms with Crippen molar-refractivity contribution < 1.29 is 19.6 Å². The lowest BCUT2D eigenvalue weighted by atomic mass is 10.0. The Kier molecular flexibility index (Phi) is 5.55. The summed E-state index contributed by atoms with van der Waals surface area (Å²) in [5.74, 6) is -1.10. The third-order valence-electron chi connectivity index (χ3n) is 5.37. The van der Waals surface area contributed by atoms with Gasteiger partial charge >= 0.3 is 0 Å². The highest BCUT2D eigenvalue weighted by atomic mass is 16.7. The minimum Gasteiger partial charge on any atom is -0.349 e. The second-order valence-electron chi connectivity index (χ2n) is 7.18. The van der Waals surface area contributed by atoms with Crippen molar-refractivity contribution in [2.24, 2.45) is 5.92 Å². The highest BCUT2D eigenvalue weighted by Gasteiger charge is 2.34. The second kappa shape index (κ2) is 8.42. The van der Waals surface area contributed by atoms with E-state index in [9.17, 15) is 9.59 Å². The SMILES string of the molecule is O=C(NC1CCCC1C(=O)NO)c1ccc(C2C=C(c3cccnc3)NO2)cc1. The summed E-state index contributed by atoms with van der Waals surface area (Å²) in [7, 11) is 0. The van der Waals surface area contributed by atoms with E-state index in [-0.39, 0.29) is 18.1 Å². The monoisotopic (exact) mass is 394 g/mol. The third-order valence-corrected chi connectivity index (χ3v) is 5.37. The van der Waals surface area contributed by atoms with Gasteiger partial charge in [0.05, 0.1) is 11.6 Å². The van der Waals surface area contributed by atoms with Crippen LogP contribution in [0.3, 0.4) is 0 Å². The fraction of sp³-hybridized carbons (Fsp3) is 0.286. The van der Waals surface area contributed by atoms with Gasteiger partial charge in [-0.3, -0.25) is 30.1 Å². The predicted octanol–water partition coefficient (Wildman–Crippen LogP) is 2.10. The standard InChI is InChI=1S/C21H22N4O4/c26-20(23-17-5-1-4-16(17)21(27)24-28)14-8-6-13(7-9-14)19-11-18(25-29-19)15-3-2-10-22-12-15/h2-3,6-12,16-17,19,25,28H,1,4-5H2,(H,23,26)(H,24,27). The number of aromatic nitrogens is 1. The van der Waals surface area contributed by atoms with Crippen LogP contribution in [0.1, 0.15) is 46.9 Å². The van der Waals surface area contributed by atoms with Gasteiger partial charge in [-0.05, 0) is 48.7 Å². The molecular weight excluding hydrogens is 372 g/mol. The zero-order chi connectivity index (χ0) is 20.2. The average Bonchev–Trinajstić information content (AvgIpc) is 3.44. The van der Waals surface area contributed by atoms with E-state index < -0.39 is 11.8 Å². The molecule has 3 atom stereocenters.